The maximum Gasteiger partial charge on any atom is 0.338 e. The predicted octanol–water partition coefficient (Wildman–Crippen LogP) is 1.75. The summed E-state index contributed by atoms with van der Waals surface area (Å²) in [7, 11) is 0. The number of carbonyl (C=O) groups excluding carboxylic acids is 3. The molecule has 0 atom stereocenters. The standard InChI is InChI=1S/C19H15N3O5S2/c23-16(24)11-27-14-9-5-4-6-12(14)10-15-17(25)22(19(28)29-15)21-18(26)20-13-7-2-1-3-8-13/h1-10H,11H2,(H,23,24)(H2,20,21,26)/p-1/b15-10-. The lowest BCUT2D eigenvalue weighted by Crippen LogP contribution is -2.46. The second-order valence-electron chi connectivity index (χ2n) is 5.65. The van der Waals surface area contributed by atoms with Crippen molar-refractivity contribution in [3.05, 3.63) is 65.1 Å². The first-order chi connectivity index (χ1) is 13.9. The highest BCUT2D eigenvalue weighted by Gasteiger charge is 2.33. The molecule has 148 valence electrons. The Morgan fingerprint density at radius 3 is 2.55 bits per heavy atom. The minimum Gasteiger partial charge on any atom is -0.546 e. The second kappa shape index (κ2) is 9.22. The van der Waals surface area contributed by atoms with Gasteiger partial charge in [-0.1, -0.05) is 48.2 Å². The number of ether oxygens (including phenoxy) is 1. The third-order valence-electron chi connectivity index (χ3n) is 3.59. The number of thiocarbonyl (C=S) groups is 1. The largest absolute Gasteiger partial charge is 0.546 e. The summed E-state index contributed by atoms with van der Waals surface area (Å²) in [5, 5.41) is 14.2. The van der Waals surface area contributed by atoms with E-state index in [0.29, 0.717) is 11.3 Å². The molecule has 3 rings (SSSR count). The zero-order chi connectivity index (χ0) is 20.8. The normalized spacial score (nSPS) is 14.8. The molecule has 1 aliphatic heterocycles. The first kappa shape index (κ1) is 20.4. The monoisotopic (exact) mass is 428 g/mol. The third kappa shape index (κ3) is 5.33. The van der Waals surface area contributed by atoms with Gasteiger partial charge in [0.1, 0.15) is 12.4 Å². The zero-order valence-corrected chi connectivity index (χ0v) is 16.4. The van der Waals surface area contributed by atoms with Gasteiger partial charge < -0.3 is 20.0 Å². The quantitative estimate of drug-likeness (QED) is 0.533. The van der Waals surface area contributed by atoms with Crippen LogP contribution in [0, 0.1) is 0 Å². The number of thioether (sulfide) groups is 1. The van der Waals surface area contributed by atoms with Crippen LogP contribution in [-0.2, 0) is 9.59 Å². The Morgan fingerprint density at radius 2 is 1.83 bits per heavy atom. The lowest BCUT2D eigenvalue weighted by Gasteiger charge is -2.16. The molecule has 0 spiro atoms. The number of carboxylic acids is 1. The number of hydrogen-bond acceptors (Lipinski definition) is 7. The van der Waals surface area contributed by atoms with Gasteiger partial charge in [0.15, 0.2) is 4.32 Å². The second-order valence-corrected chi connectivity index (χ2v) is 7.32. The van der Waals surface area contributed by atoms with Crippen molar-refractivity contribution >= 4 is 58.0 Å². The van der Waals surface area contributed by atoms with Crippen LogP contribution in [-0.4, -0.2) is 33.8 Å². The maximum absolute atomic E-state index is 12.6. The summed E-state index contributed by atoms with van der Waals surface area (Å²) < 4.78 is 5.33. The van der Waals surface area contributed by atoms with E-state index in [-0.39, 0.29) is 15.0 Å². The van der Waals surface area contributed by atoms with Crippen molar-refractivity contribution in [2.75, 3.05) is 11.9 Å². The molecule has 2 aromatic rings. The van der Waals surface area contributed by atoms with E-state index in [4.69, 9.17) is 17.0 Å². The fourth-order valence-corrected chi connectivity index (χ4v) is 3.53. The number of carbonyl (C=O) groups is 3. The van der Waals surface area contributed by atoms with Gasteiger partial charge in [-0.15, -0.1) is 0 Å². The zero-order valence-electron chi connectivity index (χ0n) is 14.8. The van der Waals surface area contributed by atoms with Crippen LogP contribution in [0.4, 0.5) is 10.5 Å². The molecule has 2 N–H and O–H groups in total. The van der Waals surface area contributed by atoms with Crippen LogP contribution >= 0.6 is 24.0 Å². The summed E-state index contributed by atoms with van der Waals surface area (Å²) in [5.74, 6) is -1.60. The molecule has 2 aromatic carbocycles. The Hall–Kier alpha value is -3.37. The van der Waals surface area contributed by atoms with Crippen molar-refractivity contribution in [2.24, 2.45) is 0 Å². The smallest absolute Gasteiger partial charge is 0.338 e. The first-order valence-electron chi connectivity index (χ1n) is 8.26. The van der Waals surface area contributed by atoms with Gasteiger partial charge in [0, 0.05) is 11.3 Å². The van der Waals surface area contributed by atoms with E-state index < -0.39 is 24.5 Å². The topological polar surface area (TPSA) is 111 Å². The number of rotatable bonds is 6. The van der Waals surface area contributed by atoms with Crippen molar-refractivity contribution in [3.8, 4) is 5.75 Å². The highest BCUT2D eigenvalue weighted by Crippen LogP contribution is 2.33. The predicted molar refractivity (Wildman–Crippen MR) is 111 cm³/mol. The van der Waals surface area contributed by atoms with Crippen LogP contribution in [0.25, 0.3) is 6.08 Å². The van der Waals surface area contributed by atoms with Gasteiger partial charge in [-0.3, -0.25) is 4.79 Å². The van der Waals surface area contributed by atoms with Gasteiger partial charge in [-0.05, 0) is 36.5 Å². The number of hydrazine groups is 1. The highest BCUT2D eigenvalue weighted by molar-refractivity contribution is 8.26. The van der Waals surface area contributed by atoms with Crippen LogP contribution in [0.3, 0.4) is 0 Å². The number of urea groups is 1. The summed E-state index contributed by atoms with van der Waals surface area (Å²) in [5.41, 5.74) is 3.46. The minimum atomic E-state index is -1.36. The minimum absolute atomic E-state index is 0.151. The summed E-state index contributed by atoms with van der Waals surface area (Å²) in [6.07, 6.45) is 1.51. The van der Waals surface area contributed by atoms with E-state index in [0.717, 1.165) is 16.8 Å². The lowest BCUT2D eigenvalue weighted by atomic mass is 10.2. The van der Waals surface area contributed by atoms with Crippen molar-refractivity contribution < 1.29 is 24.2 Å². The molecule has 1 aliphatic rings. The SMILES string of the molecule is O=C([O-])COc1ccccc1/C=C1\SC(=S)N(NC(=O)Nc2ccccc2)C1=O. The number of nitrogens with one attached hydrogen (secondary N) is 2. The number of para-hydroxylation sites is 2. The Balaban J connectivity index is 1.72. The molecule has 1 saturated heterocycles. The first-order valence-corrected chi connectivity index (χ1v) is 9.49. The molecule has 3 amide bonds. The molecular weight excluding hydrogens is 414 g/mol. The summed E-state index contributed by atoms with van der Waals surface area (Å²) in [6, 6.07) is 14.7. The summed E-state index contributed by atoms with van der Waals surface area (Å²) >= 11 is 6.18. The summed E-state index contributed by atoms with van der Waals surface area (Å²) in [6.45, 7) is -0.618. The van der Waals surface area contributed by atoms with E-state index >= 15 is 0 Å². The number of anilines is 1. The van der Waals surface area contributed by atoms with E-state index in [9.17, 15) is 19.5 Å². The molecule has 0 radical (unpaired) electrons. The molecule has 0 aliphatic carbocycles. The Kier molecular flexibility index (Phi) is 6.47. The van der Waals surface area contributed by atoms with Crippen LogP contribution < -0.4 is 20.6 Å². The summed E-state index contributed by atoms with van der Waals surface area (Å²) in [4.78, 5) is 35.7. The number of nitrogens with zero attached hydrogens (tertiary/aromatic N) is 1. The van der Waals surface area contributed by atoms with Gasteiger partial charge in [-0.25, -0.2) is 10.2 Å². The number of carboxylic acid groups (broad SMARTS) is 1. The van der Waals surface area contributed by atoms with E-state index in [2.05, 4.69) is 10.7 Å². The van der Waals surface area contributed by atoms with E-state index in [1.807, 2.05) is 6.07 Å². The maximum atomic E-state index is 12.6. The van der Waals surface area contributed by atoms with Gasteiger partial charge >= 0.3 is 6.03 Å². The average molecular weight is 428 g/mol. The fourth-order valence-electron chi connectivity index (χ4n) is 2.36. The number of amides is 3. The van der Waals surface area contributed by atoms with Gasteiger partial charge in [0.25, 0.3) is 5.91 Å². The lowest BCUT2D eigenvalue weighted by molar-refractivity contribution is -0.307. The molecule has 10 heteroatoms. The van der Waals surface area contributed by atoms with Gasteiger partial charge in [0.05, 0.1) is 10.9 Å². The highest BCUT2D eigenvalue weighted by atomic mass is 32.2. The molecule has 29 heavy (non-hydrogen) atoms. The molecule has 1 heterocycles. The van der Waals surface area contributed by atoms with Crippen LogP contribution in [0.2, 0.25) is 0 Å². The van der Waals surface area contributed by atoms with E-state index in [1.54, 1.807) is 48.5 Å². The Morgan fingerprint density at radius 1 is 1.14 bits per heavy atom. The number of hydrogen-bond donors (Lipinski definition) is 2. The van der Waals surface area contributed by atoms with Crippen molar-refractivity contribution in [3.63, 3.8) is 0 Å². The van der Waals surface area contributed by atoms with E-state index in [1.165, 1.54) is 6.08 Å². The molecular formula is C19H14N3O5S2-. The molecule has 8 nitrogen and oxygen atoms in total. The van der Waals surface area contributed by atoms with Crippen LogP contribution in [0.15, 0.2) is 59.5 Å². The molecule has 0 aromatic heterocycles. The van der Waals surface area contributed by atoms with Crippen molar-refractivity contribution in [1.82, 2.24) is 10.4 Å². The molecule has 1 fully saturated rings. The van der Waals surface area contributed by atoms with Crippen molar-refractivity contribution in [1.29, 1.82) is 0 Å². The van der Waals surface area contributed by atoms with Crippen molar-refractivity contribution in [2.45, 2.75) is 0 Å². The Bertz CT molecular complexity index is 994. The van der Waals surface area contributed by atoms with Crippen LogP contribution in [0.5, 0.6) is 5.75 Å². The van der Waals surface area contributed by atoms with Gasteiger partial charge in [0.2, 0.25) is 0 Å². The average Bonchev–Trinajstić information content (AvgIpc) is 2.95. The van der Waals surface area contributed by atoms with Crippen LogP contribution in [0.1, 0.15) is 5.56 Å². The molecule has 0 unspecified atom stereocenters. The third-order valence-corrected chi connectivity index (χ3v) is 4.89. The Labute approximate surface area is 175 Å². The van der Waals surface area contributed by atoms with Gasteiger partial charge in [-0.2, -0.15) is 5.01 Å². The molecule has 0 saturated carbocycles. The fraction of sp³-hybridized carbons (Fsp3) is 0.0526. The number of aliphatic carboxylic acids is 1. The molecule has 0 bridgehead atoms. The number of benzene rings is 2.